The summed E-state index contributed by atoms with van der Waals surface area (Å²) in [4.78, 5) is 13.0. The molecule has 1 saturated heterocycles. The van der Waals surface area contributed by atoms with E-state index in [1.807, 2.05) is 0 Å². The van der Waals surface area contributed by atoms with E-state index in [1.54, 1.807) is 11.8 Å². The zero-order valence-corrected chi connectivity index (χ0v) is 6.97. The highest BCUT2D eigenvalue weighted by molar-refractivity contribution is 5.81. The number of nitrogens with one attached hydrogen (secondary N) is 1. The highest BCUT2D eigenvalue weighted by Crippen LogP contribution is 2.09. The Morgan fingerprint density at radius 1 is 1.36 bits per heavy atom. The van der Waals surface area contributed by atoms with Crippen molar-refractivity contribution >= 4 is 5.91 Å². The summed E-state index contributed by atoms with van der Waals surface area (Å²) in [7, 11) is 0. The second-order valence-corrected chi connectivity index (χ2v) is 3.11. The minimum atomic E-state index is -0.576. The van der Waals surface area contributed by atoms with Crippen LogP contribution >= 0.6 is 0 Å². The second kappa shape index (κ2) is 3.72. The Morgan fingerprint density at radius 2 is 1.91 bits per heavy atom. The maximum absolute atomic E-state index is 11.2. The molecule has 0 saturated carbocycles. The van der Waals surface area contributed by atoms with Crippen molar-refractivity contribution in [2.45, 2.75) is 32.2 Å². The highest BCUT2D eigenvalue weighted by Gasteiger charge is 2.19. The second-order valence-electron chi connectivity index (χ2n) is 3.11. The lowest BCUT2D eigenvalue weighted by atomic mass is 10.1. The number of carbonyl (C=O) groups is 1. The van der Waals surface area contributed by atoms with Gasteiger partial charge in [-0.2, -0.15) is 0 Å². The van der Waals surface area contributed by atoms with Gasteiger partial charge in [0.05, 0.1) is 6.04 Å². The first-order valence-corrected chi connectivity index (χ1v) is 4.21. The minimum Gasteiger partial charge on any atom is -0.341 e. The van der Waals surface area contributed by atoms with E-state index in [0.717, 1.165) is 25.9 Å². The third-order valence-corrected chi connectivity index (χ3v) is 2.04. The van der Waals surface area contributed by atoms with Gasteiger partial charge in [0.2, 0.25) is 5.91 Å². The van der Waals surface area contributed by atoms with Crippen molar-refractivity contribution in [2.75, 3.05) is 13.1 Å². The molecule has 1 fully saturated rings. The molecule has 0 aromatic carbocycles. The minimum absolute atomic E-state index is 0.00954. The summed E-state index contributed by atoms with van der Waals surface area (Å²) in [6.45, 7) is 3.36. The van der Waals surface area contributed by atoms with Crippen molar-refractivity contribution in [2.24, 2.45) is 0 Å². The summed E-state index contributed by atoms with van der Waals surface area (Å²) in [6, 6.07) is -0.576. The molecule has 0 bridgehead atoms. The Bertz CT molecular complexity index is 139. The normalized spacial score (nSPS) is 21.5. The maximum atomic E-state index is 11.2. The average Bonchev–Trinajstić information content (AvgIpc) is 2.05. The van der Waals surface area contributed by atoms with Crippen LogP contribution in [0, 0.1) is 0 Å². The molecule has 1 unspecified atom stereocenters. The molecular formula is C8H15N2O. The summed E-state index contributed by atoms with van der Waals surface area (Å²) >= 11 is 0. The lowest BCUT2D eigenvalue weighted by molar-refractivity contribution is -0.133. The van der Waals surface area contributed by atoms with Crippen molar-refractivity contribution in [3.63, 3.8) is 0 Å². The van der Waals surface area contributed by atoms with E-state index < -0.39 is 6.04 Å². The first-order valence-electron chi connectivity index (χ1n) is 4.21. The van der Waals surface area contributed by atoms with Crippen molar-refractivity contribution in [1.82, 2.24) is 10.6 Å². The van der Waals surface area contributed by atoms with Gasteiger partial charge in [0.25, 0.3) is 0 Å². The maximum Gasteiger partial charge on any atom is 0.240 e. The van der Waals surface area contributed by atoms with E-state index in [1.165, 1.54) is 6.42 Å². The first-order chi connectivity index (χ1) is 5.22. The molecule has 63 valence electrons. The average molecular weight is 155 g/mol. The van der Waals surface area contributed by atoms with E-state index in [-0.39, 0.29) is 5.91 Å². The Balaban J connectivity index is 2.39. The number of likely N-dealkylation sites (tertiary alicyclic amines) is 1. The van der Waals surface area contributed by atoms with E-state index in [9.17, 15) is 4.79 Å². The van der Waals surface area contributed by atoms with Crippen LogP contribution in [0.4, 0.5) is 0 Å². The van der Waals surface area contributed by atoms with E-state index in [2.05, 4.69) is 0 Å². The smallest absolute Gasteiger partial charge is 0.240 e. The number of amides is 1. The lowest BCUT2D eigenvalue weighted by Gasteiger charge is -2.27. The largest absolute Gasteiger partial charge is 0.341 e. The molecule has 11 heavy (non-hydrogen) atoms. The third-order valence-electron chi connectivity index (χ3n) is 2.04. The zero-order chi connectivity index (χ0) is 8.27. The van der Waals surface area contributed by atoms with Crippen LogP contribution in [-0.2, 0) is 4.79 Å². The summed E-state index contributed by atoms with van der Waals surface area (Å²) in [6.07, 6.45) is 3.45. The van der Waals surface area contributed by atoms with Gasteiger partial charge in [-0.05, 0) is 26.2 Å². The first kappa shape index (κ1) is 8.53. The molecule has 1 heterocycles. The standard InChI is InChI=1S/C8H15N2O/c1-7(9)8(11)10-5-3-2-4-6-10/h7,9H,2-6H2,1H3. The van der Waals surface area contributed by atoms with Crippen LogP contribution in [0.3, 0.4) is 0 Å². The molecule has 3 heteroatoms. The number of piperidine rings is 1. The Labute approximate surface area is 67.5 Å². The topological polar surface area (TPSA) is 44.1 Å². The summed E-state index contributed by atoms with van der Waals surface area (Å²) in [5, 5.41) is 0. The fraction of sp³-hybridized carbons (Fsp3) is 0.875. The van der Waals surface area contributed by atoms with Gasteiger partial charge in [-0.1, -0.05) is 0 Å². The molecule has 1 rings (SSSR count). The molecule has 1 amide bonds. The molecule has 3 nitrogen and oxygen atoms in total. The molecule has 1 atom stereocenters. The van der Waals surface area contributed by atoms with Crippen LogP contribution in [0.1, 0.15) is 26.2 Å². The predicted molar refractivity (Wildman–Crippen MR) is 43.0 cm³/mol. The van der Waals surface area contributed by atoms with Crippen molar-refractivity contribution in [3.8, 4) is 0 Å². The number of carbonyl (C=O) groups excluding carboxylic acids is 1. The summed E-state index contributed by atoms with van der Waals surface area (Å²) in [5.41, 5.74) is 7.23. The Kier molecular flexibility index (Phi) is 2.88. The van der Waals surface area contributed by atoms with Crippen molar-refractivity contribution in [3.05, 3.63) is 0 Å². The fourth-order valence-corrected chi connectivity index (χ4v) is 1.39. The van der Waals surface area contributed by atoms with Crippen LogP contribution in [0.2, 0.25) is 0 Å². The fourth-order valence-electron chi connectivity index (χ4n) is 1.39. The van der Waals surface area contributed by atoms with Crippen LogP contribution in [0.15, 0.2) is 0 Å². The molecule has 1 aliphatic heterocycles. The van der Waals surface area contributed by atoms with Crippen LogP contribution in [0.25, 0.3) is 0 Å². The van der Waals surface area contributed by atoms with Gasteiger partial charge in [-0.25, -0.2) is 5.73 Å². The number of rotatable bonds is 1. The van der Waals surface area contributed by atoms with Gasteiger partial charge >= 0.3 is 0 Å². The summed E-state index contributed by atoms with van der Waals surface area (Å²) < 4.78 is 0. The SMILES string of the molecule is CC([NH])C(=O)N1CCCCC1. The molecule has 0 aliphatic carbocycles. The molecule has 0 aromatic rings. The molecule has 1 radical (unpaired) electrons. The van der Waals surface area contributed by atoms with Gasteiger partial charge in [0.1, 0.15) is 0 Å². The number of nitrogens with zero attached hydrogens (tertiary/aromatic N) is 1. The Morgan fingerprint density at radius 3 is 2.36 bits per heavy atom. The highest BCUT2D eigenvalue weighted by atomic mass is 16.2. The third kappa shape index (κ3) is 2.19. The number of hydrogen-bond donors (Lipinski definition) is 0. The van der Waals surface area contributed by atoms with Gasteiger partial charge < -0.3 is 4.90 Å². The number of hydrogen-bond acceptors (Lipinski definition) is 1. The van der Waals surface area contributed by atoms with E-state index >= 15 is 0 Å². The molecule has 0 aromatic heterocycles. The zero-order valence-electron chi connectivity index (χ0n) is 6.97. The summed E-state index contributed by atoms with van der Waals surface area (Å²) in [5.74, 6) is -0.00954. The lowest BCUT2D eigenvalue weighted by Crippen LogP contribution is -2.41. The molecule has 1 aliphatic rings. The predicted octanol–water partition coefficient (Wildman–Crippen LogP) is 0.670. The monoisotopic (exact) mass is 155 g/mol. The van der Waals surface area contributed by atoms with Gasteiger partial charge in [0.15, 0.2) is 0 Å². The van der Waals surface area contributed by atoms with Crippen molar-refractivity contribution in [1.29, 1.82) is 0 Å². The Hall–Kier alpha value is -0.570. The van der Waals surface area contributed by atoms with Crippen LogP contribution < -0.4 is 5.73 Å². The molecule has 0 spiro atoms. The molecular weight excluding hydrogens is 140 g/mol. The molecule has 1 N–H and O–H groups in total. The van der Waals surface area contributed by atoms with Gasteiger partial charge in [0, 0.05) is 13.1 Å². The van der Waals surface area contributed by atoms with Gasteiger partial charge in [-0.3, -0.25) is 4.79 Å². The van der Waals surface area contributed by atoms with Gasteiger partial charge in [-0.15, -0.1) is 0 Å². The van der Waals surface area contributed by atoms with Crippen molar-refractivity contribution < 1.29 is 4.79 Å². The van der Waals surface area contributed by atoms with E-state index in [0.29, 0.717) is 0 Å². The van der Waals surface area contributed by atoms with Crippen LogP contribution in [-0.4, -0.2) is 29.9 Å². The van der Waals surface area contributed by atoms with E-state index in [4.69, 9.17) is 5.73 Å². The van der Waals surface area contributed by atoms with Crippen LogP contribution in [0.5, 0.6) is 0 Å². The quantitative estimate of drug-likeness (QED) is 0.549.